The number of hydrogen-bond donors (Lipinski definition) is 2. The number of rotatable bonds is 7. The van der Waals surface area contributed by atoms with E-state index in [1.807, 2.05) is 18.2 Å². The predicted molar refractivity (Wildman–Crippen MR) is 65.4 cm³/mol. The van der Waals surface area contributed by atoms with Crippen molar-refractivity contribution in [3.8, 4) is 0 Å². The van der Waals surface area contributed by atoms with Crippen LogP contribution in [-0.4, -0.2) is 32.0 Å². The van der Waals surface area contributed by atoms with Crippen molar-refractivity contribution in [3.05, 3.63) is 35.9 Å². The van der Waals surface area contributed by atoms with Gasteiger partial charge in [0.1, 0.15) is 0 Å². The Bertz CT molecular complexity index is 289. The number of nitrogens with one attached hydrogen (secondary N) is 1. The lowest BCUT2D eigenvalue weighted by Gasteiger charge is -2.31. The van der Waals surface area contributed by atoms with Crippen LogP contribution in [-0.2, 0) is 10.3 Å². The van der Waals surface area contributed by atoms with Crippen LogP contribution in [0.3, 0.4) is 0 Å². The number of aliphatic hydroxyl groups is 1. The first kappa shape index (κ1) is 13.2. The number of methoxy groups -OCH3 is 1. The lowest BCUT2D eigenvalue weighted by Crippen LogP contribution is -2.44. The van der Waals surface area contributed by atoms with Crippen LogP contribution in [0, 0.1) is 0 Å². The molecule has 2 N–H and O–H groups in total. The molecule has 16 heavy (non-hydrogen) atoms. The molecule has 0 fully saturated rings. The van der Waals surface area contributed by atoms with Crippen molar-refractivity contribution in [1.29, 1.82) is 0 Å². The maximum absolute atomic E-state index is 8.79. The smallest absolute Gasteiger partial charge is 0.0683 e. The summed E-state index contributed by atoms with van der Waals surface area (Å²) >= 11 is 0. The van der Waals surface area contributed by atoms with E-state index in [2.05, 4.69) is 24.4 Å². The van der Waals surface area contributed by atoms with Gasteiger partial charge in [0.05, 0.1) is 12.1 Å². The monoisotopic (exact) mass is 223 g/mol. The molecule has 1 unspecified atom stereocenters. The first-order chi connectivity index (χ1) is 7.73. The second-order valence-electron chi connectivity index (χ2n) is 4.14. The van der Waals surface area contributed by atoms with Crippen molar-refractivity contribution >= 4 is 0 Å². The summed E-state index contributed by atoms with van der Waals surface area (Å²) in [5, 5.41) is 12.2. The Balaban J connectivity index is 2.71. The Labute approximate surface area is 97.4 Å². The maximum Gasteiger partial charge on any atom is 0.0683 e. The Kier molecular flexibility index (Phi) is 5.46. The molecule has 3 nitrogen and oxygen atoms in total. The summed E-state index contributed by atoms with van der Waals surface area (Å²) in [5.74, 6) is 0. The topological polar surface area (TPSA) is 41.5 Å². The molecule has 1 rings (SSSR count). The summed E-state index contributed by atoms with van der Waals surface area (Å²) in [6, 6.07) is 10.2. The van der Waals surface area contributed by atoms with Gasteiger partial charge in [0.15, 0.2) is 0 Å². The van der Waals surface area contributed by atoms with E-state index in [0.29, 0.717) is 6.61 Å². The third kappa shape index (κ3) is 3.59. The van der Waals surface area contributed by atoms with E-state index in [4.69, 9.17) is 9.84 Å². The molecule has 0 bridgehead atoms. The summed E-state index contributed by atoms with van der Waals surface area (Å²) < 4.78 is 5.27. The molecule has 1 atom stereocenters. The van der Waals surface area contributed by atoms with Gasteiger partial charge < -0.3 is 15.2 Å². The zero-order valence-electron chi connectivity index (χ0n) is 10.1. The molecular formula is C13H21NO2. The minimum atomic E-state index is -0.189. The highest BCUT2D eigenvalue weighted by molar-refractivity contribution is 5.23. The van der Waals surface area contributed by atoms with E-state index in [1.165, 1.54) is 5.56 Å². The lowest BCUT2D eigenvalue weighted by molar-refractivity contribution is 0.116. The molecule has 0 aliphatic carbocycles. The highest BCUT2D eigenvalue weighted by Crippen LogP contribution is 2.20. The largest absolute Gasteiger partial charge is 0.396 e. The Hall–Kier alpha value is -0.900. The molecule has 0 aliphatic heterocycles. The zero-order chi connectivity index (χ0) is 11.9. The van der Waals surface area contributed by atoms with Gasteiger partial charge in [-0.25, -0.2) is 0 Å². The molecule has 0 aromatic heterocycles. The van der Waals surface area contributed by atoms with E-state index < -0.39 is 0 Å². The van der Waals surface area contributed by atoms with Crippen LogP contribution in [0.1, 0.15) is 18.9 Å². The van der Waals surface area contributed by atoms with Gasteiger partial charge in [0, 0.05) is 13.7 Å². The fourth-order valence-electron chi connectivity index (χ4n) is 1.77. The number of ether oxygens (including phenoxy) is 1. The molecule has 1 aromatic carbocycles. The van der Waals surface area contributed by atoms with E-state index in [9.17, 15) is 0 Å². The van der Waals surface area contributed by atoms with Crippen molar-refractivity contribution in [3.63, 3.8) is 0 Å². The molecule has 0 saturated heterocycles. The average Bonchev–Trinajstić information content (AvgIpc) is 2.31. The van der Waals surface area contributed by atoms with Crippen LogP contribution in [0.25, 0.3) is 0 Å². The van der Waals surface area contributed by atoms with Crippen molar-refractivity contribution in [2.75, 3.05) is 26.9 Å². The molecule has 3 heteroatoms. The highest BCUT2D eigenvalue weighted by Gasteiger charge is 2.25. The highest BCUT2D eigenvalue weighted by atomic mass is 16.5. The van der Waals surface area contributed by atoms with E-state index in [0.717, 1.165) is 13.0 Å². The van der Waals surface area contributed by atoms with Gasteiger partial charge in [0.25, 0.3) is 0 Å². The van der Waals surface area contributed by atoms with Gasteiger partial charge >= 0.3 is 0 Å². The standard InChI is InChI=1S/C13H21NO2/c1-13(11-16-2,14-9-6-10-15)12-7-4-3-5-8-12/h3-5,7-8,14-15H,6,9-11H2,1-2H3. The quantitative estimate of drug-likeness (QED) is 0.689. The normalized spacial score (nSPS) is 14.7. The van der Waals surface area contributed by atoms with E-state index in [-0.39, 0.29) is 12.1 Å². The van der Waals surface area contributed by atoms with Gasteiger partial charge in [-0.05, 0) is 25.5 Å². The molecular weight excluding hydrogens is 202 g/mol. The number of benzene rings is 1. The molecule has 90 valence electrons. The third-order valence-electron chi connectivity index (χ3n) is 2.69. The van der Waals surface area contributed by atoms with Crippen molar-refractivity contribution < 1.29 is 9.84 Å². The van der Waals surface area contributed by atoms with Gasteiger partial charge in [0.2, 0.25) is 0 Å². The van der Waals surface area contributed by atoms with Crippen LogP contribution in [0.2, 0.25) is 0 Å². The zero-order valence-corrected chi connectivity index (χ0v) is 10.1. The Morgan fingerprint density at radius 2 is 2.00 bits per heavy atom. The molecule has 0 radical (unpaired) electrons. The predicted octanol–water partition coefficient (Wildman–Crippen LogP) is 1.52. The average molecular weight is 223 g/mol. The first-order valence-corrected chi connectivity index (χ1v) is 5.63. The lowest BCUT2D eigenvalue weighted by atomic mass is 9.93. The van der Waals surface area contributed by atoms with Crippen molar-refractivity contribution in [2.45, 2.75) is 18.9 Å². The summed E-state index contributed by atoms with van der Waals surface area (Å²) in [4.78, 5) is 0. The maximum atomic E-state index is 8.79. The van der Waals surface area contributed by atoms with Crippen LogP contribution in [0.15, 0.2) is 30.3 Å². The summed E-state index contributed by atoms with van der Waals surface area (Å²) in [7, 11) is 1.70. The van der Waals surface area contributed by atoms with Gasteiger partial charge in [-0.15, -0.1) is 0 Å². The fraction of sp³-hybridized carbons (Fsp3) is 0.538. The Morgan fingerprint density at radius 3 is 2.56 bits per heavy atom. The van der Waals surface area contributed by atoms with E-state index in [1.54, 1.807) is 7.11 Å². The molecule has 0 amide bonds. The minimum absolute atomic E-state index is 0.189. The SMILES string of the molecule is COCC(C)(NCCCO)c1ccccc1. The van der Waals surface area contributed by atoms with Crippen molar-refractivity contribution in [1.82, 2.24) is 5.32 Å². The van der Waals surface area contributed by atoms with Gasteiger partial charge in [-0.1, -0.05) is 30.3 Å². The summed E-state index contributed by atoms with van der Waals surface area (Å²) in [6.45, 7) is 3.72. The summed E-state index contributed by atoms with van der Waals surface area (Å²) in [5.41, 5.74) is 1.01. The third-order valence-corrected chi connectivity index (χ3v) is 2.69. The van der Waals surface area contributed by atoms with Gasteiger partial charge in [-0.3, -0.25) is 0 Å². The van der Waals surface area contributed by atoms with Crippen LogP contribution in [0.4, 0.5) is 0 Å². The molecule has 1 aromatic rings. The second kappa shape index (κ2) is 6.63. The molecule has 0 aliphatic rings. The minimum Gasteiger partial charge on any atom is -0.396 e. The Morgan fingerprint density at radius 1 is 1.31 bits per heavy atom. The summed E-state index contributed by atoms with van der Waals surface area (Å²) in [6.07, 6.45) is 0.756. The van der Waals surface area contributed by atoms with Crippen LogP contribution >= 0.6 is 0 Å². The first-order valence-electron chi connectivity index (χ1n) is 5.63. The van der Waals surface area contributed by atoms with Crippen molar-refractivity contribution in [2.24, 2.45) is 0 Å². The van der Waals surface area contributed by atoms with Crippen LogP contribution in [0.5, 0.6) is 0 Å². The van der Waals surface area contributed by atoms with Crippen LogP contribution < -0.4 is 5.32 Å². The molecule has 0 spiro atoms. The number of aliphatic hydroxyl groups excluding tert-OH is 1. The number of hydrogen-bond acceptors (Lipinski definition) is 3. The van der Waals surface area contributed by atoms with Gasteiger partial charge in [-0.2, -0.15) is 0 Å². The second-order valence-corrected chi connectivity index (χ2v) is 4.14. The van der Waals surface area contributed by atoms with E-state index >= 15 is 0 Å². The molecule has 0 saturated carbocycles. The fourth-order valence-corrected chi connectivity index (χ4v) is 1.77. The molecule has 0 heterocycles.